The third-order valence-electron chi connectivity index (χ3n) is 3.48. The van der Waals surface area contributed by atoms with Gasteiger partial charge in [0.15, 0.2) is 0 Å². The maximum atomic E-state index is 5.43. The number of nitrogens with zero attached hydrogens (tertiary/aromatic N) is 1. The fraction of sp³-hybridized carbons (Fsp3) is 0.143. The first-order valence-electron chi connectivity index (χ1n) is 5.92. The van der Waals surface area contributed by atoms with E-state index in [-0.39, 0.29) is 0 Å². The molecule has 0 bridgehead atoms. The minimum Gasteiger partial charge on any atom is -0.337 e. The maximum Gasteiger partial charge on any atom is 0.128 e. The second-order valence-electron chi connectivity index (χ2n) is 4.47. The fourth-order valence-corrected chi connectivity index (χ4v) is 4.16. The van der Waals surface area contributed by atoms with Gasteiger partial charge in [-0.1, -0.05) is 36.5 Å². The molecule has 0 amide bonds. The van der Waals surface area contributed by atoms with Crippen LogP contribution < -0.4 is 0 Å². The van der Waals surface area contributed by atoms with E-state index in [0.29, 0.717) is 0 Å². The summed E-state index contributed by atoms with van der Waals surface area (Å²) >= 11 is 7.21. The molecule has 0 unspecified atom stereocenters. The second kappa shape index (κ2) is 3.73. The zero-order valence-electron chi connectivity index (χ0n) is 9.56. The van der Waals surface area contributed by atoms with Gasteiger partial charge in [0.2, 0.25) is 0 Å². The Morgan fingerprint density at radius 1 is 1.22 bits per heavy atom. The lowest BCUT2D eigenvalue weighted by molar-refractivity contribution is 0.965. The van der Waals surface area contributed by atoms with Crippen molar-refractivity contribution in [3.8, 4) is 11.1 Å². The third-order valence-corrected chi connectivity index (χ3v) is 4.95. The molecule has 4 heteroatoms. The van der Waals surface area contributed by atoms with Crippen molar-refractivity contribution >= 4 is 33.8 Å². The van der Waals surface area contributed by atoms with Gasteiger partial charge in [0, 0.05) is 10.4 Å². The molecule has 2 nitrogen and oxygen atoms in total. The summed E-state index contributed by atoms with van der Waals surface area (Å²) in [5.74, 6) is 0. The topological polar surface area (TPSA) is 28.7 Å². The smallest absolute Gasteiger partial charge is 0.128 e. The highest BCUT2D eigenvalue weighted by atomic mass is 32.1. The van der Waals surface area contributed by atoms with Gasteiger partial charge >= 0.3 is 0 Å². The first kappa shape index (κ1) is 10.4. The summed E-state index contributed by atoms with van der Waals surface area (Å²) in [4.78, 5) is 9.94. The van der Waals surface area contributed by atoms with E-state index in [2.05, 4.69) is 34.2 Å². The summed E-state index contributed by atoms with van der Waals surface area (Å²) in [6.07, 6.45) is 3.91. The van der Waals surface area contributed by atoms with Crippen LogP contribution in [0.2, 0.25) is 0 Å². The van der Waals surface area contributed by atoms with Crippen molar-refractivity contribution in [2.75, 3.05) is 0 Å². The lowest BCUT2D eigenvalue weighted by Gasteiger charge is -2.16. The number of hydrogen-bond acceptors (Lipinski definition) is 3. The van der Waals surface area contributed by atoms with Crippen LogP contribution in [0.5, 0.6) is 0 Å². The van der Waals surface area contributed by atoms with Gasteiger partial charge in [0.25, 0.3) is 0 Å². The average molecular weight is 270 g/mol. The van der Waals surface area contributed by atoms with Crippen molar-refractivity contribution in [2.24, 2.45) is 0 Å². The standard InChI is InChI=1S/C14H10N2S2/c17-13-12-11-9-4-2-1-3-8(9)5-6-10(11)18-14(12)16-7-15-13/h1-4,7H,5-6H2,(H,15,16,17). The van der Waals surface area contributed by atoms with Crippen LogP contribution in [0.25, 0.3) is 21.3 Å². The van der Waals surface area contributed by atoms with E-state index in [1.807, 2.05) is 0 Å². The van der Waals surface area contributed by atoms with Gasteiger partial charge in [-0.05, 0) is 24.0 Å². The predicted octanol–water partition coefficient (Wildman–Crippen LogP) is 4.12. The van der Waals surface area contributed by atoms with E-state index in [1.165, 1.54) is 21.6 Å². The molecular weight excluding hydrogens is 260 g/mol. The number of aromatic amines is 1. The molecule has 1 aliphatic carbocycles. The number of benzene rings is 1. The SMILES string of the molecule is S=c1[nH]cnc2sc3c(c12)-c1ccccc1CC3. The molecule has 0 atom stereocenters. The van der Waals surface area contributed by atoms with Crippen LogP contribution in [0.4, 0.5) is 0 Å². The minimum atomic E-state index is 0.800. The van der Waals surface area contributed by atoms with Gasteiger partial charge in [-0.25, -0.2) is 4.98 Å². The highest BCUT2D eigenvalue weighted by molar-refractivity contribution is 7.71. The maximum absolute atomic E-state index is 5.43. The Balaban J connectivity index is 2.20. The lowest BCUT2D eigenvalue weighted by Crippen LogP contribution is -2.00. The molecule has 2 aromatic heterocycles. The number of hydrogen-bond donors (Lipinski definition) is 1. The Hall–Kier alpha value is -1.52. The zero-order chi connectivity index (χ0) is 12.1. The van der Waals surface area contributed by atoms with E-state index < -0.39 is 0 Å². The Labute approximate surface area is 113 Å². The van der Waals surface area contributed by atoms with Crippen LogP contribution >= 0.6 is 23.6 Å². The van der Waals surface area contributed by atoms with E-state index in [4.69, 9.17) is 12.2 Å². The largest absolute Gasteiger partial charge is 0.337 e. The number of H-pyrrole nitrogens is 1. The molecule has 1 aromatic carbocycles. The molecule has 0 radical (unpaired) electrons. The van der Waals surface area contributed by atoms with Gasteiger partial charge in [-0.3, -0.25) is 0 Å². The molecule has 1 aliphatic rings. The van der Waals surface area contributed by atoms with Crippen molar-refractivity contribution in [3.63, 3.8) is 0 Å². The summed E-state index contributed by atoms with van der Waals surface area (Å²) < 4.78 is 0.800. The van der Waals surface area contributed by atoms with E-state index in [0.717, 1.165) is 27.7 Å². The van der Waals surface area contributed by atoms with Crippen molar-refractivity contribution in [1.29, 1.82) is 0 Å². The van der Waals surface area contributed by atoms with Crippen molar-refractivity contribution in [3.05, 3.63) is 45.7 Å². The first-order valence-corrected chi connectivity index (χ1v) is 7.14. The molecule has 0 saturated heterocycles. The van der Waals surface area contributed by atoms with Gasteiger partial charge in [-0.2, -0.15) is 0 Å². The molecule has 0 fully saturated rings. The minimum absolute atomic E-state index is 0.800. The summed E-state index contributed by atoms with van der Waals surface area (Å²) in [6.45, 7) is 0. The lowest BCUT2D eigenvalue weighted by atomic mass is 9.89. The molecule has 1 N–H and O–H groups in total. The van der Waals surface area contributed by atoms with Crippen LogP contribution in [0.1, 0.15) is 10.4 Å². The number of aryl methyl sites for hydroxylation is 2. The van der Waals surface area contributed by atoms with E-state index in [9.17, 15) is 0 Å². The monoisotopic (exact) mass is 270 g/mol. The summed E-state index contributed by atoms with van der Waals surface area (Å²) in [5.41, 5.74) is 4.06. The fourth-order valence-electron chi connectivity index (χ4n) is 2.68. The number of fused-ring (bicyclic) bond motifs is 5. The Bertz CT molecular complexity index is 814. The van der Waals surface area contributed by atoms with Crippen molar-refractivity contribution < 1.29 is 0 Å². The van der Waals surface area contributed by atoms with Gasteiger partial charge in [-0.15, -0.1) is 11.3 Å². The van der Waals surface area contributed by atoms with E-state index >= 15 is 0 Å². The Morgan fingerprint density at radius 2 is 2.11 bits per heavy atom. The van der Waals surface area contributed by atoms with Crippen molar-refractivity contribution in [2.45, 2.75) is 12.8 Å². The van der Waals surface area contributed by atoms with Crippen molar-refractivity contribution in [1.82, 2.24) is 9.97 Å². The Morgan fingerprint density at radius 3 is 3.06 bits per heavy atom. The molecule has 0 saturated carbocycles. The number of thiophene rings is 1. The molecule has 2 heterocycles. The van der Waals surface area contributed by atoms with Gasteiger partial charge < -0.3 is 4.98 Å². The third kappa shape index (κ3) is 1.33. The Kier molecular flexibility index (Phi) is 2.16. The number of rotatable bonds is 0. The molecule has 3 aromatic rings. The molecule has 0 aliphatic heterocycles. The van der Waals surface area contributed by atoms with Gasteiger partial charge in [0.1, 0.15) is 9.47 Å². The molecule has 0 spiro atoms. The van der Waals surface area contributed by atoms with Crippen LogP contribution in [-0.2, 0) is 12.8 Å². The molecule has 4 rings (SSSR count). The normalized spacial score (nSPS) is 13.3. The molecular formula is C14H10N2S2. The number of aromatic nitrogens is 2. The van der Waals surface area contributed by atoms with Crippen LogP contribution in [0.3, 0.4) is 0 Å². The second-order valence-corrected chi connectivity index (χ2v) is 5.96. The predicted molar refractivity (Wildman–Crippen MR) is 77.6 cm³/mol. The summed E-state index contributed by atoms with van der Waals surface area (Å²) in [7, 11) is 0. The van der Waals surface area contributed by atoms with Gasteiger partial charge in [0.05, 0.1) is 11.7 Å². The first-order chi connectivity index (χ1) is 8.84. The highest BCUT2D eigenvalue weighted by Gasteiger charge is 2.21. The molecule has 18 heavy (non-hydrogen) atoms. The highest BCUT2D eigenvalue weighted by Crippen LogP contribution is 2.43. The average Bonchev–Trinajstić information content (AvgIpc) is 2.79. The summed E-state index contributed by atoms with van der Waals surface area (Å²) in [6, 6.07) is 8.62. The quantitative estimate of drug-likeness (QED) is 0.622. The molecule has 88 valence electrons. The summed E-state index contributed by atoms with van der Waals surface area (Å²) in [5, 5.41) is 1.12. The van der Waals surface area contributed by atoms with Crippen LogP contribution in [-0.4, -0.2) is 9.97 Å². The van der Waals surface area contributed by atoms with Crippen LogP contribution in [0.15, 0.2) is 30.6 Å². The number of nitrogens with one attached hydrogen (secondary N) is 1. The van der Waals surface area contributed by atoms with Crippen LogP contribution in [0, 0.1) is 4.64 Å². The van der Waals surface area contributed by atoms with E-state index in [1.54, 1.807) is 17.7 Å². The zero-order valence-corrected chi connectivity index (χ0v) is 11.2.